The van der Waals surface area contributed by atoms with Crippen molar-refractivity contribution in [2.24, 2.45) is 5.73 Å². The van der Waals surface area contributed by atoms with Crippen molar-refractivity contribution in [2.45, 2.75) is 13.0 Å². The minimum atomic E-state index is -0.141. The van der Waals surface area contributed by atoms with Gasteiger partial charge in [-0.15, -0.1) is 24.8 Å². The Hall–Kier alpha value is -1.62. The van der Waals surface area contributed by atoms with E-state index in [9.17, 15) is 4.79 Å². The monoisotopic (exact) mass is 313 g/mol. The molecule has 0 aliphatic carbocycles. The molecule has 2 aromatic rings. The number of pyridine rings is 1. The Morgan fingerprint density at radius 3 is 2.15 bits per heavy atom. The summed E-state index contributed by atoms with van der Waals surface area (Å²) >= 11 is 0. The minimum Gasteiger partial charge on any atom is -0.324 e. The third-order valence-corrected chi connectivity index (χ3v) is 2.64. The zero-order valence-electron chi connectivity index (χ0n) is 10.9. The van der Waals surface area contributed by atoms with Gasteiger partial charge in [-0.1, -0.05) is 12.1 Å². The molecule has 1 unspecified atom stereocenters. The van der Waals surface area contributed by atoms with Crippen molar-refractivity contribution in [3.05, 3.63) is 59.9 Å². The number of nitrogens with two attached hydrogens (primary N) is 1. The van der Waals surface area contributed by atoms with Crippen LogP contribution in [0.3, 0.4) is 0 Å². The smallest absolute Gasteiger partial charge is 0.255 e. The highest BCUT2D eigenvalue weighted by molar-refractivity contribution is 6.04. The number of halogens is 2. The molecule has 3 N–H and O–H groups in total. The van der Waals surface area contributed by atoms with Crippen LogP contribution in [-0.2, 0) is 0 Å². The van der Waals surface area contributed by atoms with E-state index < -0.39 is 0 Å². The summed E-state index contributed by atoms with van der Waals surface area (Å²) in [6.07, 6.45) is 3.27. The van der Waals surface area contributed by atoms with Gasteiger partial charge in [0.05, 0.1) is 0 Å². The molecular weight excluding hydrogens is 297 g/mol. The first-order chi connectivity index (χ1) is 8.66. The molecule has 0 spiro atoms. The lowest BCUT2D eigenvalue weighted by Gasteiger charge is -2.07. The second kappa shape index (κ2) is 8.53. The van der Waals surface area contributed by atoms with Gasteiger partial charge in [0.2, 0.25) is 0 Å². The summed E-state index contributed by atoms with van der Waals surface area (Å²) in [4.78, 5) is 15.8. The first-order valence-electron chi connectivity index (χ1n) is 5.74. The normalized spacial score (nSPS) is 10.7. The van der Waals surface area contributed by atoms with E-state index in [-0.39, 0.29) is 36.8 Å². The molecular formula is C14H17Cl2N3O. The average Bonchev–Trinajstić information content (AvgIpc) is 2.40. The van der Waals surface area contributed by atoms with Crippen LogP contribution in [0.15, 0.2) is 48.8 Å². The molecule has 0 saturated carbocycles. The average molecular weight is 314 g/mol. The number of anilines is 1. The summed E-state index contributed by atoms with van der Waals surface area (Å²) in [6.45, 7) is 1.91. The van der Waals surface area contributed by atoms with Crippen LogP contribution in [-0.4, -0.2) is 10.9 Å². The largest absolute Gasteiger partial charge is 0.324 e. The van der Waals surface area contributed by atoms with Crippen LogP contribution in [0.1, 0.15) is 28.9 Å². The second-order valence-corrected chi connectivity index (χ2v) is 4.10. The highest BCUT2D eigenvalue weighted by atomic mass is 35.5. The molecule has 0 aliphatic heterocycles. The molecule has 0 fully saturated rings. The van der Waals surface area contributed by atoms with E-state index in [2.05, 4.69) is 10.3 Å². The Morgan fingerprint density at radius 2 is 1.65 bits per heavy atom. The van der Waals surface area contributed by atoms with Gasteiger partial charge in [0.1, 0.15) is 0 Å². The van der Waals surface area contributed by atoms with Crippen molar-refractivity contribution in [3.8, 4) is 0 Å². The molecule has 1 amide bonds. The third kappa shape index (κ3) is 4.81. The molecule has 20 heavy (non-hydrogen) atoms. The van der Waals surface area contributed by atoms with Gasteiger partial charge >= 0.3 is 0 Å². The van der Waals surface area contributed by atoms with Crippen LogP contribution in [0.5, 0.6) is 0 Å². The maximum Gasteiger partial charge on any atom is 0.255 e. The zero-order chi connectivity index (χ0) is 13.0. The fraction of sp³-hybridized carbons (Fsp3) is 0.143. The highest BCUT2D eigenvalue weighted by Gasteiger charge is 2.06. The van der Waals surface area contributed by atoms with Gasteiger partial charge in [0.25, 0.3) is 5.91 Å². The van der Waals surface area contributed by atoms with Gasteiger partial charge < -0.3 is 11.1 Å². The maximum absolute atomic E-state index is 11.9. The minimum absolute atomic E-state index is 0. The van der Waals surface area contributed by atoms with Crippen molar-refractivity contribution >= 4 is 36.4 Å². The summed E-state index contributed by atoms with van der Waals surface area (Å²) in [5.41, 5.74) is 8.10. The molecule has 108 valence electrons. The standard InChI is InChI=1S/C14H15N3O.2ClH/c1-10(15)11-2-4-12(5-3-11)14(18)17-13-6-8-16-9-7-13;;/h2-10H,15H2,1H3,(H,16,17,18);2*1H. The molecule has 0 saturated heterocycles. The molecule has 0 radical (unpaired) electrons. The van der Waals surface area contributed by atoms with E-state index in [1.54, 1.807) is 36.7 Å². The van der Waals surface area contributed by atoms with Crippen LogP contribution in [0.4, 0.5) is 5.69 Å². The van der Waals surface area contributed by atoms with Crippen molar-refractivity contribution in [2.75, 3.05) is 5.32 Å². The number of nitrogens with zero attached hydrogens (tertiary/aromatic N) is 1. The number of amides is 1. The van der Waals surface area contributed by atoms with E-state index in [0.29, 0.717) is 5.56 Å². The molecule has 0 bridgehead atoms. The molecule has 1 heterocycles. The number of hydrogen-bond donors (Lipinski definition) is 2. The summed E-state index contributed by atoms with van der Waals surface area (Å²) in [7, 11) is 0. The van der Waals surface area contributed by atoms with Crippen LogP contribution >= 0.6 is 24.8 Å². The van der Waals surface area contributed by atoms with Gasteiger partial charge in [0.15, 0.2) is 0 Å². The quantitative estimate of drug-likeness (QED) is 0.914. The molecule has 4 nitrogen and oxygen atoms in total. The fourth-order valence-corrected chi connectivity index (χ4v) is 1.58. The van der Waals surface area contributed by atoms with Crippen molar-refractivity contribution in [1.29, 1.82) is 0 Å². The fourth-order valence-electron chi connectivity index (χ4n) is 1.58. The Labute approximate surface area is 130 Å². The van der Waals surface area contributed by atoms with E-state index >= 15 is 0 Å². The van der Waals surface area contributed by atoms with Gasteiger partial charge in [0, 0.05) is 29.7 Å². The second-order valence-electron chi connectivity index (χ2n) is 4.10. The van der Waals surface area contributed by atoms with Gasteiger partial charge in [-0.2, -0.15) is 0 Å². The van der Waals surface area contributed by atoms with E-state index in [0.717, 1.165) is 11.3 Å². The van der Waals surface area contributed by atoms with Gasteiger partial charge in [-0.25, -0.2) is 0 Å². The lowest BCUT2D eigenvalue weighted by atomic mass is 10.1. The summed E-state index contributed by atoms with van der Waals surface area (Å²) < 4.78 is 0. The lowest BCUT2D eigenvalue weighted by molar-refractivity contribution is 0.102. The Balaban J connectivity index is 0.00000180. The third-order valence-electron chi connectivity index (χ3n) is 2.64. The van der Waals surface area contributed by atoms with E-state index in [4.69, 9.17) is 5.73 Å². The molecule has 1 atom stereocenters. The number of benzene rings is 1. The van der Waals surface area contributed by atoms with Crippen LogP contribution < -0.4 is 11.1 Å². The number of carbonyl (C=O) groups is 1. The van der Waals surface area contributed by atoms with Crippen LogP contribution in [0, 0.1) is 0 Å². The molecule has 2 rings (SSSR count). The first kappa shape index (κ1) is 18.4. The van der Waals surface area contributed by atoms with E-state index in [1.807, 2.05) is 19.1 Å². The first-order valence-corrected chi connectivity index (χ1v) is 5.74. The predicted octanol–water partition coefficient (Wildman–Crippen LogP) is 3.20. The highest BCUT2D eigenvalue weighted by Crippen LogP contribution is 2.12. The van der Waals surface area contributed by atoms with Crippen molar-refractivity contribution in [3.63, 3.8) is 0 Å². The summed E-state index contributed by atoms with van der Waals surface area (Å²) in [5.74, 6) is -0.141. The van der Waals surface area contributed by atoms with Gasteiger partial charge in [-0.3, -0.25) is 9.78 Å². The molecule has 0 aliphatic rings. The molecule has 6 heteroatoms. The van der Waals surface area contributed by atoms with Crippen molar-refractivity contribution in [1.82, 2.24) is 4.98 Å². The van der Waals surface area contributed by atoms with Crippen molar-refractivity contribution < 1.29 is 4.79 Å². The number of hydrogen-bond acceptors (Lipinski definition) is 3. The molecule has 1 aromatic heterocycles. The number of rotatable bonds is 3. The number of carbonyl (C=O) groups excluding carboxylic acids is 1. The zero-order valence-corrected chi connectivity index (χ0v) is 12.6. The van der Waals surface area contributed by atoms with E-state index in [1.165, 1.54) is 0 Å². The maximum atomic E-state index is 11.9. The lowest BCUT2D eigenvalue weighted by Crippen LogP contribution is -2.12. The Kier molecular flexibility index (Phi) is 7.84. The van der Waals surface area contributed by atoms with Gasteiger partial charge in [-0.05, 0) is 36.8 Å². The van der Waals surface area contributed by atoms with Crippen LogP contribution in [0.2, 0.25) is 0 Å². The summed E-state index contributed by atoms with van der Waals surface area (Å²) in [6, 6.07) is 10.7. The number of nitrogens with one attached hydrogen (secondary N) is 1. The Bertz CT molecular complexity index is 530. The summed E-state index contributed by atoms with van der Waals surface area (Å²) in [5, 5.41) is 2.80. The predicted molar refractivity (Wildman–Crippen MR) is 85.7 cm³/mol. The SMILES string of the molecule is CC(N)c1ccc(C(=O)Nc2ccncc2)cc1.Cl.Cl. The molecule has 1 aromatic carbocycles. The topological polar surface area (TPSA) is 68.0 Å². The Morgan fingerprint density at radius 1 is 1.10 bits per heavy atom. The van der Waals surface area contributed by atoms with Crippen LogP contribution in [0.25, 0.3) is 0 Å². The number of aromatic nitrogens is 1.